The van der Waals surface area contributed by atoms with E-state index in [-0.39, 0.29) is 0 Å². The molecular formula is C19H22N4O2. The molecule has 0 radical (unpaired) electrons. The molecule has 3 rings (SSSR count). The second-order valence-electron chi connectivity index (χ2n) is 6.75. The summed E-state index contributed by atoms with van der Waals surface area (Å²) >= 11 is 0. The number of aliphatic hydroxyl groups is 1. The molecule has 0 bridgehead atoms. The Hall–Kier alpha value is -2.70. The average Bonchev–Trinajstić information content (AvgIpc) is 3.02. The van der Waals surface area contributed by atoms with E-state index in [0.717, 1.165) is 27.7 Å². The van der Waals surface area contributed by atoms with Gasteiger partial charge < -0.3 is 21.1 Å². The summed E-state index contributed by atoms with van der Waals surface area (Å²) in [4.78, 5) is 19.6. The fraction of sp³-hybridized carbons (Fsp3) is 0.263. The molecule has 0 spiro atoms. The van der Waals surface area contributed by atoms with Crippen LogP contribution in [0.2, 0.25) is 0 Å². The molecule has 0 unspecified atom stereocenters. The van der Waals surface area contributed by atoms with Crippen molar-refractivity contribution < 1.29 is 9.90 Å². The molecule has 6 nitrogen and oxygen atoms in total. The van der Waals surface area contributed by atoms with E-state index in [2.05, 4.69) is 15.3 Å². The van der Waals surface area contributed by atoms with E-state index < -0.39 is 17.6 Å². The molecule has 130 valence electrons. The monoisotopic (exact) mass is 338 g/mol. The fourth-order valence-corrected chi connectivity index (χ4v) is 2.78. The highest BCUT2D eigenvalue weighted by Crippen LogP contribution is 2.31. The van der Waals surface area contributed by atoms with Crippen LogP contribution in [0, 0.1) is 6.92 Å². The van der Waals surface area contributed by atoms with Crippen LogP contribution in [0.5, 0.6) is 0 Å². The number of hydrogen-bond acceptors (Lipinski definition) is 4. The molecule has 0 aliphatic heterocycles. The van der Waals surface area contributed by atoms with Crippen molar-refractivity contribution in [1.82, 2.24) is 9.97 Å². The highest BCUT2D eigenvalue weighted by atomic mass is 16.3. The van der Waals surface area contributed by atoms with Crippen LogP contribution in [0.4, 0.5) is 5.69 Å². The number of aryl methyl sites for hydroxylation is 1. The molecule has 1 atom stereocenters. The molecule has 3 aromatic rings. The number of nitrogens with zero attached hydrogens (tertiary/aromatic N) is 1. The van der Waals surface area contributed by atoms with E-state index in [9.17, 15) is 9.90 Å². The van der Waals surface area contributed by atoms with Crippen molar-refractivity contribution in [3.05, 3.63) is 48.3 Å². The first-order chi connectivity index (χ1) is 11.8. The second-order valence-corrected chi connectivity index (χ2v) is 6.75. The Morgan fingerprint density at radius 3 is 2.72 bits per heavy atom. The second kappa shape index (κ2) is 6.31. The zero-order valence-corrected chi connectivity index (χ0v) is 14.5. The minimum Gasteiger partial charge on any atom is -0.388 e. The van der Waals surface area contributed by atoms with Crippen LogP contribution in [-0.4, -0.2) is 32.6 Å². The van der Waals surface area contributed by atoms with Gasteiger partial charge in [0.05, 0.1) is 5.60 Å². The van der Waals surface area contributed by atoms with Gasteiger partial charge in [-0.15, -0.1) is 0 Å². The molecule has 0 aliphatic rings. The summed E-state index contributed by atoms with van der Waals surface area (Å²) in [7, 11) is 0. The van der Waals surface area contributed by atoms with Gasteiger partial charge in [-0.3, -0.25) is 4.79 Å². The lowest BCUT2D eigenvalue weighted by atomic mass is 9.97. The van der Waals surface area contributed by atoms with E-state index in [1.165, 1.54) is 13.8 Å². The third-order valence-electron chi connectivity index (χ3n) is 4.29. The standard InChI is InChI=1S/C19H22N4O2/c1-11-10-12(23-18(24)16(20)19(2,3)25)4-5-13(11)14-6-8-21-17-15(14)7-9-22-17/h4-10,16,25H,20H2,1-3H3,(H,21,22)(H,23,24)/t16-/m0/s1. The van der Waals surface area contributed by atoms with Crippen LogP contribution < -0.4 is 11.1 Å². The molecule has 1 amide bonds. The summed E-state index contributed by atoms with van der Waals surface area (Å²) < 4.78 is 0. The number of aromatic amines is 1. The van der Waals surface area contributed by atoms with E-state index >= 15 is 0 Å². The number of H-pyrrole nitrogens is 1. The van der Waals surface area contributed by atoms with Gasteiger partial charge in [0, 0.05) is 23.5 Å². The van der Waals surface area contributed by atoms with Gasteiger partial charge in [0.2, 0.25) is 5.91 Å². The Balaban J connectivity index is 1.89. The molecule has 2 aromatic heterocycles. The number of aromatic nitrogens is 2. The number of hydrogen-bond donors (Lipinski definition) is 4. The van der Waals surface area contributed by atoms with Gasteiger partial charge in [-0.1, -0.05) is 6.07 Å². The SMILES string of the molecule is Cc1cc(NC(=O)[C@H](N)C(C)(C)O)ccc1-c1ccnc2[nH]ccc12. The maximum Gasteiger partial charge on any atom is 0.244 e. The number of anilines is 1. The molecule has 2 heterocycles. The number of amides is 1. The number of carbonyl (C=O) groups excluding carboxylic acids is 1. The Bertz CT molecular complexity index is 925. The van der Waals surface area contributed by atoms with Crippen molar-refractivity contribution in [2.24, 2.45) is 5.73 Å². The van der Waals surface area contributed by atoms with Gasteiger partial charge in [0.25, 0.3) is 0 Å². The van der Waals surface area contributed by atoms with Crippen molar-refractivity contribution in [1.29, 1.82) is 0 Å². The van der Waals surface area contributed by atoms with Crippen molar-refractivity contribution in [3.63, 3.8) is 0 Å². The van der Waals surface area contributed by atoms with Crippen LogP contribution in [0.25, 0.3) is 22.2 Å². The number of fused-ring (bicyclic) bond motifs is 1. The van der Waals surface area contributed by atoms with E-state index in [4.69, 9.17) is 5.73 Å². The zero-order valence-electron chi connectivity index (χ0n) is 14.5. The van der Waals surface area contributed by atoms with Crippen LogP contribution in [0.1, 0.15) is 19.4 Å². The van der Waals surface area contributed by atoms with Crippen LogP contribution in [-0.2, 0) is 4.79 Å². The summed E-state index contributed by atoms with van der Waals surface area (Å²) in [5.74, 6) is -0.420. The molecular weight excluding hydrogens is 316 g/mol. The first-order valence-electron chi connectivity index (χ1n) is 8.09. The molecule has 0 saturated heterocycles. The smallest absolute Gasteiger partial charge is 0.244 e. The Morgan fingerprint density at radius 1 is 1.28 bits per heavy atom. The third-order valence-corrected chi connectivity index (χ3v) is 4.29. The Labute approximate surface area is 146 Å². The molecule has 1 aromatic carbocycles. The third kappa shape index (κ3) is 3.40. The predicted molar refractivity (Wildman–Crippen MR) is 99.2 cm³/mol. The number of nitrogens with one attached hydrogen (secondary N) is 2. The first kappa shape index (κ1) is 17.1. The summed E-state index contributed by atoms with van der Waals surface area (Å²) in [5, 5.41) is 13.7. The number of pyridine rings is 1. The molecule has 0 fully saturated rings. The minimum atomic E-state index is -1.28. The number of rotatable bonds is 4. The quantitative estimate of drug-likeness (QED) is 0.587. The van der Waals surface area contributed by atoms with Gasteiger partial charge in [-0.2, -0.15) is 0 Å². The maximum absolute atomic E-state index is 12.2. The first-order valence-corrected chi connectivity index (χ1v) is 8.09. The van der Waals surface area contributed by atoms with Gasteiger partial charge in [-0.05, 0) is 61.7 Å². The molecule has 6 heteroatoms. The fourth-order valence-electron chi connectivity index (χ4n) is 2.78. The van der Waals surface area contributed by atoms with Crippen molar-refractivity contribution in [2.75, 3.05) is 5.32 Å². The van der Waals surface area contributed by atoms with Gasteiger partial charge in [0.15, 0.2) is 0 Å². The predicted octanol–water partition coefficient (Wildman–Crippen LogP) is 2.58. The largest absolute Gasteiger partial charge is 0.388 e. The van der Waals surface area contributed by atoms with E-state index in [0.29, 0.717) is 5.69 Å². The van der Waals surface area contributed by atoms with E-state index in [1.54, 1.807) is 6.20 Å². The maximum atomic E-state index is 12.2. The minimum absolute atomic E-state index is 0.420. The summed E-state index contributed by atoms with van der Waals surface area (Å²) in [6.07, 6.45) is 3.63. The lowest BCUT2D eigenvalue weighted by Gasteiger charge is -2.24. The molecule has 5 N–H and O–H groups in total. The molecule has 25 heavy (non-hydrogen) atoms. The molecule has 0 aliphatic carbocycles. The van der Waals surface area contributed by atoms with E-state index in [1.807, 2.05) is 43.5 Å². The normalized spacial score (nSPS) is 13.0. The lowest BCUT2D eigenvalue weighted by Crippen LogP contribution is -2.51. The zero-order chi connectivity index (χ0) is 18.2. The summed E-state index contributed by atoms with van der Waals surface area (Å²) in [6, 6.07) is 8.64. The van der Waals surface area contributed by atoms with Gasteiger partial charge in [0.1, 0.15) is 11.7 Å². The number of nitrogens with two attached hydrogens (primary N) is 1. The molecule has 0 saturated carbocycles. The van der Waals surface area contributed by atoms with Gasteiger partial charge in [-0.25, -0.2) is 4.98 Å². The van der Waals surface area contributed by atoms with Crippen LogP contribution >= 0.6 is 0 Å². The highest BCUT2D eigenvalue weighted by molar-refractivity contribution is 5.97. The summed E-state index contributed by atoms with van der Waals surface area (Å²) in [6.45, 7) is 5.01. The van der Waals surface area contributed by atoms with Crippen LogP contribution in [0.15, 0.2) is 42.7 Å². The van der Waals surface area contributed by atoms with Crippen LogP contribution in [0.3, 0.4) is 0 Å². The van der Waals surface area contributed by atoms with Gasteiger partial charge >= 0.3 is 0 Å². The lowest BCUT2D eigenvalue weighted by molar-refractivity contribution is -0.122. The highest BCUT2D eigenvalue weighted by Gasteiger charge is 2.29. The topological polar surface area (TPSA) is 104 Å². The number of benzene rings is 1. The van der Waals surface area contributed by atoms with Crippen molar-refractivity contribution >= 4 is 22.6 Å². The average molecular weight is 338 g/mol. The Kier molecular flexibility index (Phi) is 4.32. The van der Waals surface area contributed by atoms with Crippen molar-refractivity contribution in [2.45, 2.75) is 32.4 Å². The summed E-state index contributed by atoms with van der Waals surface area (Å²) in [5.41, 5.74) is 9.14. The van der Waals surface area contributed by atoms with Crippen molar-refractivity contribution in [3.8, 4) is 11.1 Å². The number of carbonyl (C=O) groups is 1. The Morgan fingerprint density at radius 2 is 2.04 bits per heavy atom.